The van der Waals surface area contributed by atoms with Gasteiger partial charge in [0.25, 0.3) is 0 Å². The fraction of sp³-hybridized carbons (Fsp3) is 0. The summed E-state index contributed by atoms with van der Waals surface area (Å²) in [6.07, 6.45) is 0. The molecule has 0 fully saturated rings. The van der Waals surface area contributed by atoms with Gasteiger partial charge in [0.15, 0.2) is 0 Å². The summed E-state index contributed by atoms with van der Waals surface area (Å²) in [6.45, 7) is 0. The van der Waals surface area contributed by atoms with Crippen LogP contribution in [0.5, 0.6) is 0 Å². The topological polar surface area (TPSA) is 0 Å². The van der Waals surface area contributed by atoms with Crippen LogP contribution in [0.1, 0.15) is 0 Å². The Bertz CT molecular complexity index is 828. The molecule has 0 amide bonds. The van der Waals surface area contributed by atoms with Crippen LogP contribution in [0.2, 0.25) is 0 Å². The molecule has 0 saturated carbocycles. The van der Waals surface area contributed by atoms with Crippen molar-refractivity contribution in [3.05, 3.63) is 109 Å². The van der Waals surface area contributed by atoms with E-state index in [0.29, 0.717) is 0 Å². The second-order valence-electron chi connectivity index (χ2n) is 5.71. The number of hydrogen-bond donors (Lipinski definition) is 0. The predicted molar refractivity (Wildman–Crippen MR) is 100 cm³/mol. The molecule has 0 aliphatic carbocycles. The fourth-order valence-corrected chi connectivity index (χ4v) is 2.81. The van der Waals surface area contributed by atoms with Gasteiger partial charge in [-0.3, -0.25) is 0 Å². The molecule has 4 aromatic carbocycles. The molecule has 1 heteroatoms. The van der Waals surface area contributed by atoms with Crippen LogP contribution in [0.4, 0.5) is 0 Å². The largest absolute Gasteiger partial charge is 0.226 e. The normalized spacial score (nSPS) is 10.1. The van der Waals surface area contributed by atoms with E-state index in [2.05, 4.69) is 84.9 Å². The number of benzene rings is 4. The summed E-state index contributed by atoms with van der Waals surface area (Å²) in [4.78, 5) is 0. The van der Waals surface area contributed by atoms with Crippen LogP contribution in [0, 0.1) is 12.1 Å². The Kier molecular flexibility index (Phi) is 5.97. The minimum absolute atomic E-state index is 0. The molecule has 1 radical (unpaired) electrons. The standard InChI is InChI=1S/C24H16.Y/c1-3-7-19(8-4-1)21-11-15-23(16-12-21)24-17-13-22(14-18-24)20-9-5-2-6-10-20;/h1-15,17H;/q-2;. The average Bonchev–Trinajstić information content (AvgIpc) is 2.70. The third-order valence-electron chi connectivity index (χ3n) is 4.13. The first-order valence-electron chi connectivity index (χ1n) is 8.05. The van der Waals surface area contributed by atoms with Crippen LogP contribution in [-0.2, 0) is 32.7 Å². The van der Waals surface area contributed by atoms with Crippen molar-refractivity contribution in [1.29, 1.82) is 0 Å². The van der Waals surface area contributed by atoms with Gasteiger partial charge in [0.1, 0.15) is 0 Å². The van der Waals surface area contributed by atoms with E-state index < -0.39 is 0 Å². The van der Waals surface area contributed by atoms with Crippen molar-refractivity contribution < 1.29 is 32.7 Å². The zero-order chi connectivity index (χ0) is 16.2. The molecule has 0 heterocycles. The summed E-state index contributed by atoms with van der Waals surface area (Å²) < 4.78 is 0. The van der Waals surface area contributed by atoms with E-state index in [1.54, 1.807) is 0 Å². The average molecular weight is 393 g/mol. The second kappa shape index (κ2) is 8.38. The van der Waals surface area contributed by atoms with Gasteiger partial charge in [-0.1, -0.05) is 71.8 Å². The van der Waals surface area contributed by atoms with E-state index in [1.807, 2.05) is 24.3 Å². The molecule has 0 bridgehead atoms. The predicted octanol–water partition coefficient (Wildman–Crippen LogP) is 6.29. The maximum atomic E-state index is 3.38. The molecular formula is C24H16Y-2. The van der Waals surface area contributed by atoms with Crippen LogP contribution in [-0.4, -0.2) is 0 Å². The Morgan fingerprint density at radius 2 is 0.800 bits per heavy atom. The van der Waals surface area contributed by atoms with Gasteiger partial charge >= 0.3 is 0 Å². The molecule has 0 saturated heterocycles. The smallest absolute Gasteiger partial charge is 0 e. The Morgan fingerprint density at radius 3 is 1.12 bits per heavy atom. The van der Waals surface area contributed by atoms with E-state index >= 15 is 0 Å². The van der Waals surface area contributed by atoms with Crippen molar-refractivity contribution in [3.8, 4) is 33.4 Å². The minimum atomic E-state index is 0. The first kappa shape index (κ1) is 17.8. The fourth-order valence-electron chi connectivity index (χ4n) is 2.81. The van der Waals surface area contributed by atoms with Crippen molar-refractivity contribution in [2.75, 3.05) is 0 Å². The minimum Gasteiger partial charge on any atom is -0.226 e. The van der Waals surface area contributed by atoms with E-state index in [1.165, 1.54) is 22.3 Å². The molecule has 25 heavy (non-hydrogen) atoms. The number of hydrogen-bond acceptors (Lipinski definition) is 0. The Morgan fingerprint density at radius 1 is 0.400 bits per heavy atom. The molecule has 117 valence electrons. The molecule has 0 aromatic heterocycles. The molecule has 0 nitrogen and oxygen atoms in total. The van der Waals surface area contributed by atoms with Gasteiger partial charge in [0.05, 0.1) is 0 Å². The third kappa shape index (κ3) is 4.15. The van der Waals surface area contributed by atoms with Crippen molar-refractivity contribution in [1.82, 2.24) is 0 Å². The van der Waals surface area contributed by atoms with Crippen molar-refractivity contribution in [3.63, 3.8) is 0 Å². The first-order valence-corrected chi connectivity index (χ1v) is 8.05. The van der Waals surface area contributed by atoms with Gasteiger partial charge in [-0.05, 0) is 0 Å². The van der Waals surface area contributed by atoms with Gasteiger partial charge in [-0.15, -0.1) is 35.4 Å². The van der Waals surface area contributed by atoms with Gasteiger partial charge in [0.2, 0.25) is 0 Å². The second-order valence-corrected chi connectivity index (χ2v) is 5.71. The maximum Gasteiger partial charge on any atom is 0 e. The molecule has 0 unspecified atom stereocenters. The summed E-state index contributed by atoms with van der Waals surface area (Å²) in [5, 5.41) is 0. The molecule has 0 atom stereocenters. The van der Waals surface area contributed by atoms with Crippen LogP contribution in [0.3, 0.4) is 0 Å². The molecular weight excluding hydrogens is 377 g/mol. The molecule has 0 aliphatic rings. The quantitative estimate of drug-likeness (QED) is 0.359. The van der Waals surface area contributed by atoms with Crippen LogP contribution in [0.25, 0.3) is 33.4 Å². The third-order valence-corrected chi connectivity index (χ3v) is 4.13. The molecule has 0 spiro atoms. The summed E-state index contributed by atoms with van der Waals surface area (Å²) >= 11 is 0. The van der Waals surface area contributed by atoms with Gasteiger partial charge < -0.3 is 0 Å². The summed E-state index contributed by atoms with van der Waals surface area (Å²) in [7, 11) is 0. The van der Waals surface area contributed by atoms with Crippen molar-refractivity contribution in [2.24, 2.45) is 0 Å². The Labute approximate surface area is 174 Å². The maximum absolute atomic E-state index is 3.38. The van der Waals surface area contributed by atoms with Gasteiger partial charge in [-0.25, -0.2) is 11.1 Å². The van der Waals surface area contributed by atoms with Crippen molar-refractivity contribution in [2.45, 2.75) is 0 Å². The van der Waals surface area contributed by atoms with Crippen LogP contribution >= 0.6 is 0 Å². The van der Waals surface area contributed by atoms with Gasteiger partial charge in [0, 0.05) is 32.7 Å². The molecule has 4 aromatic rings. The SMILES string of the molecule is [Y].[c-]1cc(-c2ccccc2)ccc1-c1[c-]cc(-c2ccccc2)cc1. The zero-order valence-electron chi connectivity index (χ0n) is 13.8. The zero-order valence-corrected chi connectivity index (χ0v) is 16.7. The van der Waals surface area contributed by atoms with E-state index in [0.717, 1.165) is 11.1 Å². The van der Waals surface area contributed by atoms with Crippen molar-refractivity contribution >= 4 is 0 Å². The Hall–Kier alpha value is -2.02. The first-order chi connectivity index (χ1) is 11.9. The molecule has 0 N–H and O–H groups in total. The summed E-state index contributed by atoms with van der Waals surface area (Å²) in [5.41, 5.74) is 6.91. The van der Waals surface area contributed by atoms with E-state index in [4.69, 9.17) is 0 Å². The molecule has 4 rings (SSSR count). The summed E-state index contributed by atoms with van der Waals surface area (Å²) in [5.74, 6) is 0. The molecule has 0 aliphatic heterocycles. The summed E-state index contributed by atoms with van der Waals surface area (Å²) in [6, 6.07) is 40.1. The number of rotatable bonds is 3. The Balaban J connectivity index is 0.00000182. The van der Waals surface area contributed by atoms with Crippen LogP contribution < -0.4 is 0 Å². The van der Waals surface area contributed by atoms with Crippen LogP contribution in [0.15, 0.2) is 97.1 Å². The van der Waals surface area contributed by atoms with E-state index in [-0.39, 0.29) is 32.7 Å². The van der Waals surface area contributed by atoms with Gasteiger partial charge in [-0.2, -0.15) is 24.3 Å². The van der Waals surface area contributed by atoms with E-state index in [9.17, 15) is 0 Å². The monoisotopic (exact) mass is 393 g/mol.